The Hall–Kier alpha value is -1.82. The van der Waals surface area contributed by atoms with Gasteiger partial charge >= 0.3 is 0 Å². The minimum absolute atomic E-state index is 1.20. The van der Waals surface area contributed by atoms with Crippen LogP contribution in [0.25, 0.3) is 6.08 Å². The lowest BCUT2D eigenvalue weighted by Gasteiger charge is -2.15. The van der Waals surface area contributed by atoms with Gasteiger partial charge in [0.2, 0.25) is 0 Å². The molecule has 0 nitrogen and oxygen atoms in total. The van der Waals surface area contributed by atoms with Crippen molar-refractivity contribution in [3.63, 3.8) is 0 Å². The summed E-state index contributed by atoms with van der Waals surface area (Å²) in [4.78, 5) is 0. The van der Waals surface area contributed by atoms with Gasteiger partial charge in [-0.25, -0.2) is 0 Å². The van der Waals surface area contributed by atoms with Gasteiger partial charge in [-0.1, -0.05) is 106 Å². The van der Waals surface area contributed by atoms with Gasteiger partial charge in [0, 0.05) is 0 Å². The van der Waals surface area contributed by atoms with E-state index < -0.39 is 0 Å². The largest absolute Gasteiger partial charge is 0.0674 e. The van der Waals surface area contributed by atoms with Crippen molar-refractivity contribution in [1.82, 2.24) is 0 Å². The Bertz CT molecular complexity index is 665. The van der Waals surface area contributed by atoms with Crippen LogP contribution in [0, 0.1) is 5.92 Å². The Kier molecular flexibility index (Phi) is 6.29. The molecule has 24 heavy (non-hydrogen) atoms. The van der Waals surface area contributed by atoms with E-state index in [0.29, 0.717) is 0 Å². The molecule has 0 atom stereocenters. The average Bonchev–Trinajstić information content (AvgIpc) is 3.05. The highest BCUT2D eigenvalue weighted by molar-refractivity contribution is 5.73. The number of hydrogen-bond acceptors (Lipinski definition) is 0. The van der Waals surface area contributed by atoms with Gasteiger partial charge in [-0.2, -0.15) is 0 Å². The molecule has 0 heterocycles. The number of benzene rings is 2. The summed E-state index contributed by atoms with van der Waals surface area (Å²) in [5, 5.41) is 0. The summed E-state index contributed by atoms with van der Waals surface area (Å²) >= 11 is 0. The standard InChI is InChI=1S/C24H29/c1-2-3-4-5-6-7-8-13-20-14-9-11-16-22(20)24-19-18-21-15-10-12-17-23(21)24/h9-12,14-19H,2-8,13H2,1H3. The Morgan fingerprint density at radius 2 is 1.29 bits per heavy atom. The van der Waals surface area contributed by atoms with E-state index in [4.69, 9.17) is 0 Å². The van der Waals surface area contributed by atoms with Crippen molar-refractivity contribution in [2.75, 3.05) is 0 Å². The first kappa shape index (κ1) is 17.0. The second kappa shape index (κ2) is 8.87. The monoisotopic (exact) mass is 317 g/mol. The summed E-state index contributed by atoms with van der Waals surface area (Å²) < 4.78 is 0. The zero-order chi connectivity index (χ0) is 16.6. The Morgan fingerprint density at radius 1 is 0.625 bits per heavy atom. The summed E-state index contributed by atoms with van der Waals surface area (Å²) in [6, 6.07) is 17.7. The smallest absolute Gasteiger partial charge is 0.0566 e. The van der Waals surface area contributed by atoms with Gasteiger partial charge in [-0.15, -0.1) is 0 Å². The molecule has 3 rings (SSSR count). The summed E-state index contributed by atoms with van der Waals surface area (Å²) in [7, 11) is 0. The molecule has 2 aromatic carbocycles. The van der Waals surface area contributed by atoms with E-state index in [1.165, 1.54) is 79.5 Å². The van der Waals surface area contributed by atoms with E-state index >= 15 is 0 Å². The van der Waals surface area contributed by atoms with Gasteiger partial charge in [0.05, 0.1) is 5.92 Å². The maximum Gasteiger partial charge on any atom is 0.0566 e. The lowest BCUT2D eigenvalue weighted by Crippen LogP contribution is -2.02. The molecule has 0 saturated carbocycles. The van der Waals surface area contributed by atoms with Crippen molar-refractivity contribution in [2.45, 2.75) is 58.3 Å². The van der Waals surface area contributed by atoms with Crippen LogP contribution in [0.1, 0.15) is 74.1 Å². The molecule has 0 heteroatoms. The van der Waals surface area contributed by atoms with Crippen LogP contribution in [0.3, 0.4) is 0 Å². The molecule has 0 fully saturated rings. The third-order valence-electron chi connectivity index (χ3n) is 5.04. The molecule has 1 aliphatic rings. The molecular weight excluding hydrogens is 288 g/mol. The number of fused-ring (bicyclic) bond motifs is 1. The number of rotatable bonds is 9. The minimum Gasteiger partial charge on any atom is -0.0674 e. The van der Waals surface area contributed by atoms with Gasteiger partial charge in [-0.3, -0.25) is 0 Å². The van der Waals surface area contributed by atoms with E-state index in [2.05, 4.69) is 67.6 Å². The molecule has 0 amide bonds. The highest BCUT2D eigenvalue weighted by atomic mass is 14.2. The predicted molar refractivity (Wildman–Crippen MR) is 105 cm³/mol. The number of aryl methyl sites for hydroxylation is 1. The third-order valence-corrected chi connectivity index (χ3v) is 5.04. The van der Waals surface area contributed by atoms with Gasteiger partial charge in [0.15, 0.2) is 0 Å². The molecular formula is C24H29. The molecule has 0 unspecified atom stereocenters. The second-order valence-electron chi connectivity index (χ2n) is 6.86. The van der Waals surface area contributed by atoms with E-state index in [0.717, 1.165) is 0 Å². The molecule has 0 aliphatic heterocycles. The lowest BCUT2D eigenvalue weighted by molar-refractivity contribution is 0.589. The molecule has 0 aromatic heterocycles. The van der Waals surface area contributed by atoms with Crippen LogP contribution < -0.4 is 0 Å². The second-order valence-corrected chi connectivity index (χ2v) is 6.86. The Labute approximate surface area is 147 Å². The first-order valence-electron chi connectivity index (χ1n) is 9.63. The minimum atomic E-state index is 1.20. The predicted octanol–water partition coefficient (Wildman–Crippen LogP) is 6.98. The van der Waals surface area contributed by atoms with Crippen LogP contribution in [0.4, 0.5) is 0 Å². The molecule has 1 radical (unpaired) electrons. The van der Waals surface area contributed by atoms with E-state index in [1.807, 2.05) is 0 Å². The Morgan fingerprint density at radius 3 is 2.12 bits per heavy atom. The SMILES string of the molecule is CCCCCCCCCc1ccccc1[C]1C=Cc2ccccc21. The van der Waals surface area contributed by atoms with Crippen molar-refractivity contribution < 1.29 is 0 Å². The summed E-state index contributed by atoms with van der Waals surface area (Å²) in [6.45, 7) is 2.28. The summed E-state index contributed by atoms with van der Waals surface area (Å²) in [5.41, 5.74) is 5.65. The van der Waals surface area contributed by atoms with Crippen molar-refractivity contribution in [3.05, 3.63) is 82.8 Å². The van der Waals surface area contributed by atoms with Crippen LogP contribution in [0.5, 0.6) is 0 Å². The van der Waals surface area contributed by atoms with E-state index in [9.17, 15) is 0 Å². The Balaban J connectivity index is 1.59. The van der Waals surface area contributed by atoms with Gasteiger partial charge < -0.3 is 0 Å². The van der Waals surface area contributed by atoms with E-state index in [-0.39, 0.29) is 0 Å². The van der Waals surface area contributed by atoms with Crippen molar-refractivity contribution in [2.24, 2.45) is 0 Å². The average molecular weight is 317 g/mol. The fourth-order valence-corrected chi connectivity index (χ4v) is 3.66. The number of unbranched alkanes of at least 4 members (excludes halogenated alkanes) is 6. The highest BCUT2D eigenvalue weighted by Gasteiger charge is 2.21. The van der Waals surface area contributed by atoms with Gasteiger partial charge in [0.1, 0.15) is 0 Å². The van der Waals surface area contributed by atoms with Crippen LogP contribution in [-0.2, 0) is 6.42 Å². The van der Waals surface area contributed by atoms with Gasteiger partial charge in [0.25, 0.3) is 0 Å². The van der Waals surface area contributed by atoms with Crippen molar-refractivity contribution in [1.29, 1.82) is 0 Å². The normalized spacial score (nSPS) is 13.4. The fourth-order valence-electron chi connectivity index (χ4n) is 3.66. The topological polar surface area (TPSA) is 0 Å². The summed E-state index contributed by atoms with van der Waals surface area (Å²) in [6.07, 6.45) is 15.3. The molecule has 2 aromatic rings. The third kappa shape index (κ3) is 4.17. The summed E-state index contributed by atoms with van der Waals surface area (Å²) in [5.74, 6) is 1.39. The first-order chi connectivity index (χ1) is 11.9. The number of hydrogen-bond donors (Lipinski definition) is 0. The molecule has 1 aliphatic carbocycles. The zero-order valence-corrected chi connectivity index (χ0v) is 14.9. The molecule has 0 spiro atoms. The molecule has 0 saturated heterocycles. The van der Waals surface area contributed by atoms with Crippen LogP contribution >= 0.6 is 0 Å². The molecule has 0 bridgehead atoms. The van der Waals surface area contributed by atoms with Gasteiger partial charge in [-0.05, 0) is 35.1 Å². The zero-order valence-electron chi connectivity index (χ0n) is 14.9. The molecule has 0 N–H and O–H groups in total. The highest BCUT2D eigenvalue weighted by Crippen LogP contribution is 2.36. The van der Waals surface area contributed by atoms with Crippen molar-refractivity contribution in [3.8, 4) is 0 Å². The number of allylic oxidation sites excluding steroid dienone is 1. The quantitative estimate of drug-likeness (QED) is 0.438. The maximum atomic E-state index is 2.31. The van der Waals surface area contributed by atoms with Crippen LogP contribution in [0.2, 0.25) is 0 Å². The van der Waals surface area contributed by atoms with Crippen molar-refractivity contribution >= 4 is 6.08 Å². The van der Waals surface area contributed by atoms with Crippen LogP contribution in [0.15, 0.2) is 54.6 Å². The van der Waals surface area contributed by atoms with E-state index in [1.54, 1.807) is 0 Å². The fraction of sp³-hybridized carbons (Fsp3) is 0.375. The molecule has 125 valence electrons. The maximum absolute atomic E-state index is 2.31. The lowest BCUT2D eigenvalue weighted by atomic mass is 9.88. The van der Waals surface area contributed by atoms with Crippen LogP contribution in [-0.4, -0.2) is 0 Å². The first-order valence-corrected chi connectivity index (χ1v) is 9.63.